The van der Waals surface area contributed by atoms with E-state index in [2.05, 4.69) is 40.6 Å². The second-order valence-electron chi connectivity index (χ2n) is 9.36. The largest absolute Gasteiger partial charge is 0.497 e. The first-order valence-electron chi connectivity index (χ1n) is 12.5. The van der Waals surface area contributed by atoms with Crippen LogP contribution < -0.4 is 15.4 Å². The number of hydrogen-bond acceptors (Lipinski definition) is 7. The molecule has 0 spiro atoms. The minimum absolute atomic E-state index is 0.0309. The molecule has 1 aliphatic rings. The number of methoxy groups -OCH3 is 1. The van der Waals surface area contributed by atoms with E-state index in [4.69, 9.17) is 14.7 Å². The predicted octanol–water partition coefficient (Wildman–Crippen LogP) is 3.03. The summed E-state index contributed by atoms with van der Waals surface area (Å²) in [5.74, 6) is 2.51. The van der Waals surface area contributed by atoms with Crippen molar-refractivity contribution in [1.82, 2.24) is 30.0 Å². The van der Waals surface area contributed by atoms with Gasteiger partial charge in [-0.15, -0.1) is 0 Å². The van der Waals surface area contributed by atoms with Gasteiger partial charge in [0.1, 0.15) is 17.4 Å². The molecule has 192 valence electrons. The van der Waals surface area contributed by atoms with E-state index in [0.29, 0.717) is 26.2 Å². The Morgan fingerprint density at radius 1 is 1.03 bits per heavy atom. The third kappa shape index (κ3) is 7.05. The second kappa shape index (κ2) is 12.5. The summed E-state index contributed by atoms with van der Waals surface area (Å²) in [6.07, 6.45) is 1.04. The molecule has 9 heteroatoms. The topological polar surface area (TPSA) is 85.9 Å². The highest BCUT2D eigenvalue weighted by Crippen LogP contribution is 2.21. The maximum Gasteiger partial charge on any atom is 0.317 e. The average molecular weight is 492 g/mol. The first-order chi connectivity index (χ1) is 17.5. The Bertz CT molecular complexity index is 1130. The molecule has 1 saturated heterocycles. The molecule has 9 nitrogen and oxygen atoms in total. The fraction of sp³-hybridized carbons (Fsp3) is 0.444. The van der Waals surface area contributed by atoms with Crippen LogP contribution in [0.25, 0.3) is 10.9 Å². The molecule has 2 aromatic carbocycles. The smallest absolute Gasteiger partial charge is 0.317 e. The molecule has 0 atom stereocenters. The second-order valence-corrected chi connectivity index (χ2v) is 9.36. The fourth-order valence-corrected chi connectivity index (χ4v) is 4.27. The SMILES string of the molecule is COc1ccc(CNC(=O)N2CCN(Cc3nc(NCCCN(C)C)c4ccccc4n3)CC2)cc1. The van der Waals surface area contributed by atoms with E-state index in [9.17, 15) is 4.79 Å². The number of urea groups is 1. The van der Waals surface area contributed by atoms with E-state index in [1.54, 1.807) is 7.11 Å². The molecule has 0 unspecified atom stereocenters. The van der Waals surface area contributed by atoms with E-state index < -0.39 is 0 Å². The highest BCUT2D eigenvalue weighted by atomic mass is 16.5. The Balaban J connectivity index is 1.29. The van der Waals surface area contributed by atoms with Gasteiger partial charge in [-0.1, -0.05) is 24.3 Å². The van der Waals surface area contributed by atoms with E-state index in [1.165, 1.54) is 0 Å². The van der Waals surface area contributed by atoms with Gasteiger partial charge in [-0.3, -0.25) is 4.90 Å². The number of rotatable bonds is 10. The van der Waals surface area contributed by atoms with Crippen LogP contribution in [0.3, 0.4) is 0 Å². The summed E-state index contributed by atoms with van der Waals surface area (Å²) in [5, 5.41) is 7.58. The molecule has 1 aliphatic heterocycles. The number of anilines is 1. The van der Waals surface area contributed by atoms with E-state index in [1.807, 2.05) is 47.4 Å². The fourth-order valence-electron chi connectivity index (χ4n) is 4.27. The lowest BCUT2D eigenvalue weighted by Gasteiger charge is -2.34. The van der Waals surface area contributed by atoms with Crippen molar-refractivity contribution in [2.75, 3.05) is 65.8 Å². The van der Waals surface area contributed by atoms with Gasteiger partial charge < -0.3 is 25.2 Å². The summed E-state index contributed by atoms with van der Waals surface area (Å²) in [6.45, 7) is 5.99. The van der Waals surface area contributed by atoms with Gasteiger partial charge in [0.25, 0.3) is 0 Å². The van der Waals surface area contributed by atoms with Gasteiger partial charge >= 0.3 is 6.03 Å². The number of nitrogens with zero attached hydrogens (tertiary/aromatic N) is 5. The highest BCUT2D eigenvalue weighted by molar-refractivity contribution is 5.88. The van der Waals surface area contributed by atoms with Crippen LogP contribution in [0.2, 0.25) is 0 Å². The molecule has 36 heavy (non-hydrogen) atoms. The number of amides is 2. The zero-order valence-corrected chi connectivity index (χ0v) is 21.5. The number of hydrogen-bond donors (Lipinski definition) is 2. The highest BCUT2D eigenvalue weighted by Gasteiger charge is 2.22. The van der Waals surface area contributed by atoms with Crippen molar-refractivity contribution >= 4 is 22.8 Å². The van der Waals surface area contributed by atoms with E-state index >= 15 is 0 Å². The van der Waals surface area contributed by atoms with Crippen LogP contribution in [0.15, 0.2) is 48.5 Å². The first kappa shape index (κ1) is 25.7. The summed E-state index contributed by atoms with van der Waals surface area (Å²) in [6, 6.07) is 15.8. The number of benzene rings is 2. The summed E-state index contributed by atoms with van der Waals surface area (Å²) in [7, 11) is 5.82. The number of carbonyl (C=O) groups is 1. The molecule has 1 fully saturated rings. The molecular formula is C27H37N7O2. The first-order valence-corrected chi connectivity index (χ1v) is 12.5. The summed E-state index contributed by atoms with van der Waals surface area (Å²) < 4.78 is 5.19. The molecule has 2 N–H and O–H groups in total. The van der Waals surface area contributed by atoms with Crippen molar-refractivity contribution < 1.29 is 9.53 Å². The third-order valence-corrected chi connectivity index (χ3v) is 6.35. The molecule has 0 aliphatic carbocycles. The quantitative estimate of drug-likeness (QED) is 0.422. The predicted molar refractivity (Wildman–Crippen MR) is 143 cm³/mol. The summed E-state index contributed by atoms with van der Waals surface area (Å²) in [4.78, 5) is 28.7. The van der Waals surface area contributed by atoms with Crippen molar-refractivity contribution in [1.29, 1.82) is 0 Å². The Labute approximate surface area is 213 Å². The van der Waals surface area contributed by atoms with Crippen LogP contribution in [0, 0.1) is 0 Å². The van der Waals surface area contributed by atoms with Crippen molar-refractivity contribution in [2.24, 2.45) is 0 Å². The number of carbonyl (C=O) groups excluding carboxylic acids is 1. The Hall–Kier alpha value is -3.43. The van der Waals surface area contributed by atoms with Gasteiger partial charge in [0.15, 0.2) is 0 Å². The Kier molecular flexibility index (Phi) is 8.91. The maximum absolute atomic E-state index is 12.7. The molecule has 4 rings (SSSR count). The van der Waals surface area contributed by atoms with Crippen molar-refractivity contribution in [3.63, 3.8) is 0 Å². The lowest BCUT2D eigenvalue weighted by Crippen LogP contribution is -2.51. The molecule has 2 heterocycles. The lowest BCUT2D eigenvalue weighted by atomic mass is 10.2. The van der Waals surface area contributed by atoms with Crippen LogP contribution in [-0.4, -0.2) is 91.2 Å². The summed E-state index contributed by atoms with van der Waals surface area (Å²) >= 11 is 0. The number of para-hydroxylation sites is 1. The Morgan fingerprint density at radius 3 is 2.50 bits per heavy atom. The van der Waals surface area contributed by atoms with Gasteiger partial charge in [-0.05, 0) is 56.9 Å². The zero-order chi connectivity index (χ0) is 25.3. The van der Waals surface area contributed by atoms with Gasteiger partial charge in [0.05, 0.1) is 19.2 Å². The van der Waals surface area contributed by atoms with Crippen molar-refractivity contribution in [2.45, 2.75) is 19.5 Å². The standard InChI is InChI=1S/C27H37N7O2/c1-32(2)14-6-13-28-26-23-7-4-5-8-24(23)30-25(31-26)20-33-15-17-34(18-16-33)27(35)29-19-21-9-11-22(36-3)12-10-21/h4-5,7-12H,6,13-20H2,1-3H3,(H,29,35)(H,28,30,31). The number of aromatic nitrogens is 2. The molecule has 2 amide bonds. The van der Waals surface area contributed by atoms with Crippen molar-refractivity contribution in [3.05, 3.63) is 59.9 Å². The maximum atomic E-state index is 12.7. The number of nitrogens with one attached hydrogen (secondary N) is 2. The normalized spacial score (nSPS) is 14.3. The molecule has 0 bridgehead atoms. The zero-order valence-electron chi connectivity index (χ0n) is 21.5. The van der Waals surface area contributed by atoms with Crippen LogP contribution >= 0.6 is 0 Å². The molecule has 0 saturated carbocycles. The Morgan fingerprint density at radius 2 is 1.78 bits per heavy atom. The number of piperazine rings is 1. The summed E-state index contributed by atoms with van der Waals surface area (Å²) in [5.41, 5.74) is 2.00. The lowest BCUT2D eigenvalue weighted by molar-refractivity contribution is 0.133. The van der Waals surface area contributed by atoms with E-state index in [-0.39, 0.29) is 6.03 Å². The monoisotopic (exact) mass is 491 g/mol. The van der Waals surface area contributed by atoms with Crippen LogP contribution in [0.5, 0.6) is 5.75 Å². The molecular weight excluding hydrogens is 454 g/mol. The number of ether oxygens (including phenoxy) is 1. The van der Waals surface area contributed by atoms with Crippen LogP contribution in [0.1, 0.15) is 17.8 Å². The van der Waals surface area contributed by atoms with Crippen molar-refractivity contribution in [3.8, 4) is 5.75 Å². The van der Waals surface area contributed by atoms with Gasteiger partial charge in [-0.2, -0.15) is 0 Å². The minimum atomic E-state index is -0.0309. The molecule has 1 aromatic heterocycles. The van der Waals surface area contributed by atoms with Gasteiger partial charge in [0.2, 0.25) is 0 Å². The number of fused-ring (bicyclic) bond motifs is 1. The van der Waals surface area contributed by atoms with Gasteiger partial charge in [0, 0.05) is 44.7 Å². The molecule has 3 aromatic rings. The third-order valence-electron chi connectivity index (χ3n) is 6.35. The van der Waals surface area contributed by atoms with Crippen LogP contribution in [0.4, 0.5) is 10.6 Å². The molecule has 0 radical (unpaired) electrons. The average Bonchev–Trinajstić information content (AvgIpc) is 2.90. The minimum Gasteiger partial charge on any atom is -0.497 e. The van der Waals surface area contributed by atoms with Crippen LogP contribution in [-0.2, 0) is 13.1 Å². The van der Waals surface area contributed by atoms with E-state index in [0.717, 1.165) is 66.5 Å². The van der Waals surface area contributed by atoms with Gasteiger partial charge in [-0.25, -0.2) is 14.8 Å².